The highest BCUT2D eigenvalue weighted by Gasteiger charge is 1.97. The fourth-order valence-corrected chi connectivity index (χ4v) is 2.70. The first-order valence-electron chi connectivity index (χ1n) is 6.66. The van der Waals surface area contributed by atoms with Crippen LogP contribution in [-0.2, 0) is 0 Å². The lowest BCUT2D eigenvalue weighted by molar-refractivity contribution is 1.21. The number of hydrogen-bond donors (Lipinski definition) is 1. The molecule has 0 atom stereocenters. The molecule has 0 fully saturated rings. The number of rotatable bonds is 5. The number of hydrogen-bond acceptors (Lipinski definition) is 2. The van der Waals surface area contributed by atoms with Crippen molar-refractivity contribution < 1.29 is 0 Å². The molecule has 0 spiro atoms. The molecular weight excluding hydrogens is 250 g/mol. The summed E-state index contributed by atoms with van der Waals surface area (Å²) in [6, 6.07) is 15.2. The molecule has 2 rings (SSSR count). The molecule has 0 saturated carbocycles. The summed E-state index contributed by atoms with van der Waals surface area (Å²) in [7, 11) is 0. The van der Waals surface area contributed by atoms with Gasteiger partial charge in [-0.15, -0.1) is 11.8 Å². The summed E-state index contributed by atoms with van der Waals surface area (Å²) in [6.45, 7) is 7.42. The molecule has 0 bridgehead atoms. The summed E-state index contributed by atoms with van der Waals surface area (Å²) < 4.78 is 0. The highest BCUT2D eigenvalue weighted by molar-refractivity contribution is 7.99. The highest BCUT2D eigenvalue weighted by Crippen LogP contribution is 2.21. The Morgan fingerprint density at radius 2 is 1.63 bits per heavy atom. The Balaban J connectivity index is 1.77. The zero-order valence-electron chi connectivity index (χ0n) is 11.9. The molecule has 0 heterocycles. The summed E-state index contributed by atoms with van der Waals surface area (Å²) in [4.78, 5) is 1.36. The quantitative estimate of drug-likeness (QED) is 0.618. The smallest absolute Gasteiger partial charge is 0.0340 e. The van der Waals surface area contributed by atoms with Gasteiger partial charge in [0, 0.05) is 22.9 Å². The van der Waals surface area contributed by atoms with Gasteiger partial charge in [-0.05, 0) is 56.2 Å². The largest absolute Gasteiger partial charge is 0.384 e. The van der Waals surface area contributed by atoms with E-state index in [9.17, 15) is 0 Å². The van der Waals surface area contributed by atoms with E-state index in [1.807, 2.05) is 11.8 Å². The molecule has 1 nitrogen and oxygen atoms in total. The average Bonchev–Trinajstić information content (AvgIpc) is 2.41. The van der Waals surface area contributed by atoms with Crippen molar-refractivity contribution >= 4 is 17.4 Å². The molecule has 1 N–H and O–H groups in total. The Hall–Kier alpha value is -1.41. The molecule has 0 aliphatic heterocycles. The van der Waals surface area contributed by atoms with Crippen molar-refractivity contribution in [3.8, 4) is 0 Å². The second kappa shape index (κ2) is 6.67. The zero-order valence-corrected chi connectivity index (χ0v) is 12.7. The Morgan fingerprint density at radius 3 is 2.32 bits per heavy atom. The number of benzene rings is 2. The molecular formula is C17H21NS. The van der Waals surface area contributed by atoms with Gasteiger partial charge in [0.15, 0.2) is 0 Å². The molecule has 0 radical (unpaired) electrons. The van der Waals surface area contributed by atoms with Crippen LogP contribution in [0.15, 0.2) is 47.4 Å². The average molecular weight is 271 g/mol. The van der Waals surface area contributed by atoms with Crippen molar-refractivity contribution in [2.75, 3.05) is 17.6 Å². The van der Waals surface area contributed by atoms with Crippen LogP contribution >= 0.6 is 11.8 Å². The fraction of sp³-hybridized carbons (Fsp3) is 0.294. The summed E-state index contributed by atoms with van der Waals surface area (Å²) in [5.41, 5.74) is 5.24. The Morgan fingerprint density at radius 1 is 0.895 bits per heavy atom. The minimum Gasteiger partial charge on any atom is -0.384 e. The molecule has 0 unspecified atom stereocenters. The first kappa shape index (κ1) is 14.0. The molecule has 0 aromatic heterocycles. The van der Waals surface area contributed by atoms with Crippen molar-refractivity contribution in [3.05, 3.63) is 59.2 Å². The van der Waals surface area contributed by atoms with E-state index >= 15 is 0 Å². The third-order valence-electron chi connectivity index (χ3n) is 3.23. The lowest BCUT2D eigenvalue weighted by Crippen LogP contribution is -2.03. The number of anilines is 1. The Labute approximate surface area is 120 Å². The van der Waals surface area contributed by atoms with Gasteiger partial charge in [-0.2, -0.15) is 0 Å². The molecule has 19 heavy (non-hydrogen) atoms. The van der Waals surface area contributed by atoms with Crippen molar-refractivity contribution in [2.45, 2.75) is 25.7 Å². The lowest BCUT2D eigenvalue weighted by atomic mass is 10.1. The van der Waals surface area contributed by atoms with Crippen molar-refractivity contribution in [1.29, 1.82) is 0 Å². The first-order valence-corrected chi connectivity index (χ1v) is 7.64. The molecule has 2 aromatic carbocycles. The number of thioether (sulfide) groups is 1. The minimum atomic E-state index is 0.987. The maximum atomic E-state index is 3.45. The van der Waals surface area contributed by atoms with E-state index in [-0.39, 0.29) is 0 Å². The summed E-state index contributed by atoms with van der Waals surface area (Å²) in [5, 5.41) is 3.45. The van der Waals surface area contributed by atoms with E-state index in [4.69, 9.17) is 0 Å². The van der Waals surface area contributed by atoms with E-state index < -0.39 is 0 Å². The Bertz CT molecular complexity index is 531. The molecule has 0 amide bonds. The van der Waals surface area contributed by atoms with Crippen molar-refractivity contribution in [2.24, 2.45) is 0 Å². The summed E-state index contributed by atoms with van der Waals surface area (Å²) in [6.07, 6.45) is 0. The molecule has 0 saturated heterocycles. The molecule has 0 aliphatic rings. The summed E-state index contributed by atoms with van der Waals surface area (Å²) in [5.74, 6) is 1.08. The van der Waals surface area contributed by atoms with Crippen molar-refractivity contribution in [3.63, 3.8) is 0 Å². The maximum Gasteiger partial charge on any atom is 0.0340 e. The van der Waals surface area contributed by atoms with E-state index in [2.05, 4.69) is 68.6 Å². The monoisotopic (exact) mass is 271 g/mol. The van der Waals surface area contributed by atoms with Crippen LogP contribution < -0.4 is 5.32 Å². The van der Waals surface area contributed by atoms with Crippen LogP contribution in [0.2, 0.25) is 0 Å². The van der Waals surface area contributed by atoms with Gasteiger partial charge in [0.2, 0.25) is 0 Å². The number of nitrogens with one attached hydrogen (secondary N) is 1. The van der Waals surface area contributed by atoms with Gasteiger partial charge in [0.1, 0.15) is 0 Å². The van der Waals surface area contributed by atoms with Crippen LogP contribution in [0.4, 0.5) is 5.69 Å². The predicted octanol–water partition coefficient (Wildman–Crippen LogP) is 4.82. The van der Waals surface area contributed by atoms with Gasteiger partial charge in [-0.25, -0.2) is 0 Å². The van der Waals surface area contributed by atoms with Gasteiger partial charge < -0.3 is 5.32 Å². The maximum absolute atomic E-state index is 3.45. The van der Waals surface area contributed by atoms with E-state index in [1.54, 1.807) is 0 Å². The van der Waals surface area contributed by atoms with Gasteiger partial charge in [-0.1, -0.05) is 23.8 Å². The lowest BCUT2D eigenvalue weighted by Gasteiger charge is -2.08. The van der Waals surface area contributed by atoms with Crippen LogP contribution in [0, 0.1) is 20.8 Å². The van der Waals surface area contributed by atoms with Crippen LogP contribution in [-0.4, -0.2) is 12.3 Å². The van der Waals surface area contributed by atoms with Crippen LogP contribution in [0.5, 0.6) is 0 Å². The number of aryl methyl sites for hydroxylation is 3. The standard InChI is InChI=1S/C17H21NS/c1-13-4-7-16(8-5-13)18-10-11-19-17-9-6-14(2)15(3)12-17/h4-9,12,18H,10-11H2,1-3H3. The van der Waals surface area contributed by atoms with Gasteiger partial charge in [-0.3, -0.25) is 0 Å². The molecule has 2 heteroatoms. The Kier molecular flexibility index (Phi) is 4.92. The second-order valence-electron chi connectivity index (χ2n) is 4.89. The minimum absolute atomic E-state index is 0.987. The SMILES string of the molecule is Cc1ccc(NCCSc2ccc(C)c(C)c2)cc1. The van der Waals surface area contributed by atoms with E-state index in [0.29, 0.717) is 0 Å². The second-order valence-corrected chi connectivity index (χ2v) is 6.06. The van der Waals surface area contributed by atoms with Gasteiger partial charge in [0.05, 0.1) is 0 Å². The van der Waals surface area contributed by atoms with Gasteiger partial charge in [0.25, 0.3) is 0 Å². The third-order valence-corrected chi connectivity index (χ3v) is 4.23. The predicted molar refractivity (Wildman–Crippen MR) is 86.3 cm³/mol. The zero-order chi connectivity index (χ0) is 13.7. The molecule has 100 valence electrons. The van der Waals surface area contributed by atoms with Crippen LogP contribution in [0.25, 0.3) is 0 Å². The van der Waals surface area contributed by atoms with Crippen molar-refractivity contribution in [1.82, 2.24) is 0 Å². The normalized spacial score (nSPS) is 10.5. The summed E-state index contributed by atoms with van der Waals surface area (Å²) >= 11 is 1.90. The first-order chi connectivity index (χ1) is 9.15. The van der Waals surface area contributed by atoms with E-state index in [0.717, 1.165) is 12.3 Å². The van der Waals surface area contributed by atoms with Crippen LogP contribution in [0.1, 0.15) is 16.7 Å². The third kappa shape index (κ3) is 4.32. The van der Waals surface area contributed by atoms with Crippen LogP contribution in [0.3, 0.4) is 0 Å². The molecule has 0 aliphatic carbocycles. The van der Waals surface area contributed by atoms with Gasteiger partial charge >= 0.3 is 0 Å². The topological polar surface area (TPSA) is 12.0 Å². The molecule has 2 aromatic rings. The highest BCUT2D eigenvalue weighted by atomic mass is 32.2. The van der Waals surface area contributed by atoms with E-state index in [1.165, 1.54) is 27.3 Å². The fourth-order valence-electron chi connectivity index (χ4n) is 1.84.